The lowest BCUT2D eigenvalue weighted by Gasteiger charge is -2.13. The van der Waals surface area contributed by atoms with Gasteiger partial charge in [-0.3, -0.25) is 0 Å². The zero-order chi connectivity index (χ0) is 11.5. The van der Waals surface area contributed by atoms with Gasteiger partial charge in [0.2, 0.25) is 0 Å². The number of fused-ring (bicyclic) bond motifs is 1. The number of benzene rings is 2. The molecule has 2 heteroatoms. The summed E-state index contributed by atoms with van der Waals surface area (Å²) in [5.41, 5.74) is 1.10. The lowest BCUT2D eigenvalue weighted by atomic mass is 10.0. The molecule has 0 heterocycles. The SMILES string of the molecule is C=Cc1c(O[Si](C)C)ccc2ccccc12. The van der Waals surface area contributed by atoms with Crippen molar-refractivity contribution in [3.8, 4) is 5.75 Å². The van der Waals surface area contributed by atoms with Crippen molar-refractivity contribution in [3.05, 3.63) is 48.5 Å². The molecule has 2 aromatic carbocycles. The molecule has 16 heavy (non-hydrogen) atoms. The maximum absolute atomic E-state index is 5.87. The molecule has 1 radical (unpaired) electrons. The van der Waals surface area contributed by atoms with Crippen LogP contribution in [0.15, 0.2) is 43.0 Å². The highest BCUT2D eigenvalue weighted by atomic mass is 28.3. The summed E-state index contributed by atoms with van der Waals surface area (Å²) in [4.78, 5) is 0. The van der Waals surface area contributed by atoms with Crippen LogP contribution < -0.4 is 4.43 Å². The smallest absolute Gasteiger partial charge is 0.274 e. The van der Waals surface area contributed by atoms with Gasteiger partial charge >= 0.3 is 0 Å². The van der Waals surface area contributed by atoms with Gasteiger partial charge in [0.15, 0.2) is 0 Å². The number of rotatable bonds is 3. The Morgan fingerprint density at radius 1 is 1.12 bits per heavy atom. The van der Waals surface area contributed by atoms with E-state index in [9.17, 15) is 0 Å². The third-order valence-electron chi connectivity index (χ3n) is 2.45. The Bertz CT molecular complexity index is 517. The van der Waals surface area contributed by atoms with E-state index in [1.165, 1.54) is 10.8 Å². The minimum absolute atomic E-state index is 0.735. The Hall–Kier alpha value is -1.54. The van der Waals surface area contributed by atoms with Gasteiger partial charge in [-0.2, -0.15) is 0 Å². The van der Waals surface area contributed by atoms with Crippen molar-refractivity contribution in [3.63, 3.8) is 0 Å². The molecule has 0 atom stereocenters. The van der Waals surface area contributed by atoms with Gasteiger partial charge in [-0.05, 0) is 29.9 Å². The summed E-state index contributed by atoms with van der Waals surface area (Å²) in [5.74, 6) is 0.951. The molecule has 2 aromatic rings. The summed E-state index contributed by atoms with van der Waals surface area (Å²) < 4.78 is 5.87. The van der Waals surface area contributed by atoms with Gasteiger partial charge < -0.3 is 4.43 Å². The van der Waals surface area contributed by atoms with Crippen molar-refractivity contribution in [2.24, 2.45) is 0 Å². The van der Waals surface area contributed by atoms with Crippen molar-refractivity contribution in [1.82, 2.24) is 0 Å². The maximum Gasteiger partial charge on any atom is 0.274 e. The van der Waals surface area contributed by atoms with Crippen molar-refractivity contribution < 1.29 is 4.43 Å². The highest BCUT2D eigenvalue weighted by Crippen LogP contribution is 2.29. The van der Waals surface area contributed by atoms with Crippen LogP contribution in [-0.2, 0) is 0 Å². The molecule has 0 amide bonds. The van der Waals surface area contributed by atoms with Crippen molar-refractivity contribution in [2.75, 3.05) is 0 Å². The number of hydrogen-bond acceptors (Lipinski definition) is 1. The molecule has 0 aromatic heterocycles. The Kier molecular flexibility index (Phi) is 3.11. The van der Waals surface area contributed by atoms with Crippen molar-refractivity contribution in [2.45, 2.75) is 13.1 Å². The molecule has 0 saturated heterocycles. The van der Waals surface area contributed by atoms with Gasteiger partial charge in [-0.1, -0.05) is 43.0 Å². The molecule has 0 aliphatic carbocycles. The zero-order valence-electron chi connectivity index (χ0n) is 9.66. The summed E-state index contributed by atoms with van der Waals surface area (Å²) in [6.07, 6.45) is 1.88. The second-order valence-electron chi connectivity index (χ2n) is 3.91. The van der Waals surface area contributed by atoms with E-state index in [1.807, 2.05) is 24.3 Å². The van der Waals surface area contributed by atoms with E-state index >= 15 is 0 Å². The molecule has 81 valence electrons. The first kappa shape index (κ1) is 11.0. The van der Waals surface area contributed by atoms with Crippen LogP contribution in [0, 0.1) is 0 Å². The summed E-state index contributed by atoms with van der Waals surface area (Å²) in [6, 6.07) is 12.4. The van der Waals surface area contributed by atoms with E-state index in [2.05, 4.69) is 37.9 Å². The fourth-order valence-corrected chi connectivity index (χ4v) is 2.41. The van der Waals surface area contributed by atoms with Gasteiger partial charge in [0.05, 0.1) is 0 Å². The average Bonchev–Trinajstić information content (AvgIpc) is 2.28. The van der Waals surface area contributed by atoms with Crippen LogP contribution in [0.1, 0.15) is 5.56 Å². The predicted molar refractivity (Wildman–Crippen MR) is 72.1 cm³/mol. The standard InChI is InChI=1S/C14H15OSi/c1-4-12-13-8-6-5-7-11(13)9-10-14(12)15-16(2)3/h4-10H,1H2,2-3H3. The second-order valence-corrected chi connectivity index (χ2v) is 5.93. The van der Waals surface area contributed by atoms with Crippen LogP contribution in [0.3, 0.4) is 0 Å². The zero-order valence-corrected chi connectivity index (χ0v) is 10.7. The molecule has 0 fully saturated rings. The highest BCUT2D eigenvalue weighted by molar-refractivity contribution is 6.49. The third-order valence-corrected chi connectivity index (χ3v) is 3.08. The second kappa shape index (κ2) is 4.54. The van der Waals surface area contributed by atoms with E-state index in [4.69, 9.17) is 4.43 Å². The van der Waals surface area contributed by atoms with E-state index in [0.717, 1.165) is 11.3 Å². The molecule has 0 unspecified atom stereocenters. The van der Waals surface area contributed by atoms with E-state index < -0.39 is 9.04 Å². The summed E-state index contributed by atoms with van der Waals surface area (Å²) >= 11 is 0. The Morgan fingerprint density at radius 2 is 1.88 bits per heavy atom. The Morgan fingerprint density at radius 3 is 2.56 bits per heavy atom. The molecule has 0 aliphatic rings. The fourth-order valence-electron chi connectivity index (χ4n) is 1.80. The normalized spacial score (nSPS) is 10.7. The number of hydrogen-bond donors (Lipinski definition) is 0. The van der Waals surface area contributed by atoms with Crippen molar-refractivity contribution >= 4 is 25.9 Å². The molecule has 0 N–H and O–H groups in total. The molecule has 0 aliphatic heterocycles. The summed E-state index contributed by atoms with van der Waals surface area (Å²) in [7, 11) is -0.735. The molecular formula is C14H15OSi. The van der Waals surface area contributed by atoms with Gasteiger partial charge in [-0.15, -0.1) is 0 Å². The average molecular weight is 227 g/mol. The maximum atomic E-state index is 5.87. The first-order valence-corrected chi connectivity index (χ1v) is 7.75. The molecule has 0 bridgehead atoms. The van der Waals surface area contributed by atoms with E-state index in [-0.39, 0.29) is 0 Å². The topological polar surface area (TPSA) is 9.23 Å². The van der Waals surface area contributed by atoms with Crippen LogP contribution >= 0.6 is 0 Å². The fraction of sp³-hybridized carbons (Fsp3) is 0.143. The van der Waals surface area contributed by atoms with Crippen LogP contribution in [-0.4, -0.2) is 9.04 Å². The van der Waals surface area contributed by atoms with Gasteiger partial charge in [-0.25, -0.2) is 0 Å². The van der Waals surface area contributed by atoms with E-state index in [1.54, 1.807) is 0 Å². The third kappa shape index (κ3) is 2.02. The lowest BCUT2D eigenvalue weighted by Crippen LogP contribution is -2.11. The van der Waals surface area contributed by atoms with Crippen LogP contribution in [0.4, 0.5) is 0 Å². The quantitative estimate of drug-likeness (QED) is 0.717. The highest BCUT2D eigenvalue weighted by Gasteiger charge is 2.07. The molecule has 1 nitrogen and oxygen atoms in total. The van der Waals surface area contributed by atoms with Crippen LogP contribution in [0.2, 0.25) is 13.1 Å². The molecule has 2 rings (SSSR count). The van der Waals surface area contributed by atoms with Crippen LogP contribution in [0.25, 0.3) is 16.8 Å². The lowest BCUT2D eigenvalue weighted by molar-refractivity contribution is 0.580. The predicted octanol–water partition coefficient (Wildman–Crippen LogP) is 4.11. The van der Waals surface area contributed by atoms with Gasteiger partial charge in [0.1, 0.15) is 5.75 Å². The Labute approximate surface area is 98.1 Å². The van der Waals surface area contributed by atoms with Gasteiger partial charge in [0, 0.05) is 5.56 Å². The first-order chi connectivity index (χ1) is 7.72. The molecule has 0 saturated carbocycles. The van der Waals surface area contributed by atoms with Gasteiger partial charge in [0.25, 0.3) is 9.04 Å². The minimum Gasteiger partial charge on any atom is -0.542 e. The molecular weight excluding hydrogens is 212 g/mol. The van der Waals surface area contributed by atoms with E-state index in [0.29, 0.717) is 0 Å². The summed E-state index contributed by atoms with van der Waals surface area (Å²) in [6.45, 7) is 8.14. The molecule has 0 spiro atoms. The largest absolute Gasteiger partial charge is 0.542 e. The summed E-state index contributed by atoms with van der Waals surface area (Å²) in [5, 5.41) is 2.43. The van der Waals surface area contributed by atoms with Crippen LogP contribution in [0.5, 0.6) is 5.75 Å². The Balaban J connectivity index is 2.63. The first-order valence-electron chi connectivity index (χ1n) is 5.34. The van der Waals surface area contributed by atoms with Crippen molar-refractivity contribution in [1.29, 1.82) is 0 Å². The monoisotopic (exact) mass is 227 g/mol. The minimum atomic E-state index is -0.735.